The van der Waals surface area contributed by atoms with Crippen molar-refractivity contribution in [3.05, 3.63) is 29.3 Å². The Morgan fingerprint density at radius 3 is 2.24 bits per heavy atom. The third-order valence-electron chi connectivity index (χ3n) is 5.38. The van der Waals surface area contributed by atoms with Crippen LogP contribution in [0.3, 0.4) is 0 Å². The second-order valence-corrected chi connectivity index (χ2v) is 7.18. The van der Waals surface area contributed by atoms with Crippen molar-refractivity contribution < 1.29 is 14.0 Å². The van der Waals surface area contributed by atoms with Crippen molar-refractivity contribution in [2.45, 2.75) is 45.2 Å². The minimum absolute atomic E-state index is 0.0721. The maximum absolute atomic E-state index is 15.0. The first-order chi connectivity index (χ1) is 11.9. The van der Waals surface area contributed by atoms with E-state index in [1.54, 1.807) is 9.80 Å². The molecule has 0 bridgehead atoms. The van der Waals surface area contributed by atoms with Crippen molar-refractivity contribution in [1.29, 1.82) is 0 Å². The zero-order valence-electron chi connectivity index (χ0n) is 15.0. The lowest BCUT2D eigenvalue weighted by molar-refractivity contribution is -0.145. The first-order valence-corrected chi connectivity index (χ1v) is 9.00. The molecule has 136 valence electrons. The van der Waals surface area contributed by atoms with E-state index in [-0.39, 0.29) is 37.9 Å². The molecule has 2 heterocycles. The largest absolute Gasteiger partial charge is 0.340 e. The molecule has 2 saturated heterocycles. The molecule has 1 N–H and O–H groups in total. The van der Waals surface area contributed by atoms with Gasteiger partial charge in [-0.05, 0) is 49.9 Å². The summed E-state index contributed by atoms with van der Waals surface area (Å²) in [6.45, 7) is 5.83. The smallest absolute Gasteiger partial charge is 0.321 e. The lowest BCUT2D eigenvalue weighted by Crippen LogP contribution is -2.53. The number of amides is 3. The van der Waals surface area contributed by atoms with Crippen LogP contribution in [0.15, 0.2) is 18.2 Å². The fourth-order valence-electron chi connectivity index (χ4n) is 3.50. The molecule has 1 aromatic rings. The van der Waals surface area contributed by atoms with Gasteiger partial charge in [-0.25, -0.2) is 9.18 Å². The van der Waals surface area contributed by atoms with Crippen molar-refractivity contribution in [3.8, 4) is 0 Å². The highest BCUT2D eigenvalue weighted by Crippen LogP contribution is 2.30. The summed E-state index contributed by atoms with van der Waals surface area (Å²) in [5.41, 5.74) is 1.19. The molecular weight excluding hydrogens is 321 g/mol. The van der Waals surface area contributed by atoms with Crippen LogP contribution in [0.1, 0.15) is 36.8 Å². The van der Waals surface area contributed by atoms with Gasteiger partial charge < -0.3 is 15.1 Å². The van der Waals surface area contributed by atoms with Gasteiger partial charge in [0.15, 0.2) is 5.67 Å². The topological polar surface area (TPSA) is 52.7 Å². The summed E-state index contributed by atoms with van der Waals surface area (Å²) in [7, 11) is 0. The number of benzene rings is 1. The SMILES string of the molecule is Cc1ccc(NC(=O)N2CCC(F)(C(=O)N3CCCC3)CC2)cc1C. The van der Waals surface area contributed by atoms with Gasteiger partial charge in [0, 0.05) is 44.7 Å². The van der Waals surface area contributed by atoms with Crippen molar-refractivity contribution in [2.24, 2.45) is 0 Å². The van der Waals surface area contributed by atoms with Crippen LogP contribution in [0.2, 0.25) is 0 Å². The second kappa shape index (κ2) is 7.02. The Kier molecular flexibility index (Phi) is 4.97. The Morgan fingerprint density at radius 2 is 1.64 bits per heavy atom. The number of aryl methyl sites for hydroxylation is 2. The van der Waals surface area contributed by atoms with E-state index in [1.807, 2.05) is 32.0 Å². The number of carbonyl (C=O) groups is 2. The quantitative estimate of drug-likeness (QED) is 0.893. The van der Waals surface area contributed by atoms with Crippen LogP contribution in [-0.4, -0.2) is 53.6 Å². The van der Waals surface area contributed by atoms with E-state index in [0.29, 0.717) is 13.1 Å². The predicted octanol–water partition coefficient (Wildman–Crippen LogP) is 3.26. The van der Waals surface area contributed by atoms with Gasteiger partial charge in [0.05, 0.1) is 0 Å². The number of halogens is 1. The summed E-state index contributed by atoms with van der Waals surface area (Å²) in [6.07, 6.45) is 2.05. The molecular formula is C19H26FN3O2. The average Bonchev–Trinajstić information content (AvgIpc) is 3.12. The normalized spacial score (nSPS) is 19.8. The lowest BCUT2D eigenvalue weighted by Gasteiger charge is -2.37. The summed E-state index contributed by atoms with van der Waals surface area (Å²) < 4.78 is 15.0. The van der Waals surface area contributed by atoms with Gasteiger partial charge in [0.25, 0.3) is 5.91 Å². The number of anilines is 1. The molecule has 2 aliphatic rings. The van der Waals surface area contributed by atoms with Crippen LogP contribution < -0.4 is 5.32 Å². The van der Waals surface area contributed by atoms with E-state index in [0.717, 1.165) is 24.1 Å². The molecule has 1 aromatic carbocycles. The van der Waals surface area contributed by atoms with E-state index in [2.05, 4.69) is 5.32 Å². The minimum atomic E-state index is -1.82. The van der Waals surface area contributed by atoms with Gasteiger partial charge in [-0.2, -0.15) is 0 Å². The average molecular weight is 347 g/mol. The summed E-state index contributed by atoms with van der Waals surface area (Å²) in [5.74, 6) is -0.390. The maximum Gasteiger partial charge on any atom is 0.321 e. The standard InChI is InChI=1S/C19H26FN3O2/c1-14-5-6-16(13-15(14)2)21-18(25)23-11-7-19(20,8-12-23)17(24)22-9-3-4-10-22/h5-6,13H,3-4,7-12H2,1-2H3,(H,21,25). The molecule has 0 aliphatic carbocycles. The first-order valence-electron chi connectivity index (χ1n) is 9.00. The van der Waals surface area contributed by atoms with Gasteiger partial charge in [-0.15, -0.1) is 0 Å². The molecule has 2 aliphatic heterocycles. The predicted molar refractivity (Wildman–Crippen MR) is 95.4 cm³/mol. The fraction of sp³-hybridized carbons (Fsp3) is 0.579. The van der Waals surface area contributed by atoms with Crippen molar-refractivity contribution >= 4 is 17.6 Å². The molecule has 0 spiro atoms. The van der Waals surface area contributed by atoms with Crippen molar-refractivity contribution in [2.75, 3.05) is 31.5 Å². The highest BCUT2D eigenvalue weighted by atomic mass is 19.1. The van der Waals surface area contributed by atoms with Crippen LogP contribution in [-0.2, 0) is 4.79 Å². The van der Waals surface area contributed by atoms with Crippen LogP contribution in [0.4, 0.5) is 14.9 Å². The third kappa shape index (κ3) is 3.78. The van der Waals surface area contributed by atoms with Crippen LogP contribution >= 0.6 is 0 Å². The van der Waals surface area contributed by atoms with Gasteiger partial charge >= 0.3 is 6.03 Å². The van der Waals surface area contributed by atoms with Crippen LogP contribution in [0.5, 0.6) is 0 Å². The zero-order chi connectivity index (χ0) is 18.0. The van der Waals surface area contributed by atoms with E-state index in [9.17, 15) is 9.59 Å². The Labute approximate surface area is 148 Å². The summed E-state index contributed by atoms with van der Waals surface area (Å²) >= 11 is 0. The maximum atomic E-state index is 15.0. The van der Waals surface area contributed by atoms with Crippen LogP contribution in [0.25, 0.3) is 0 Å². The molecule has 25 heavy (non-hydrogen) atoms. The Bertz CT molecular complexity index is 663. The van der Waals surface area contributed by atoms with E-state index in [1.165, 1.54) is 5.56 Å². The number of urea groups is 1. The van der Waals surface area contributed by atoms with Crippen molar-refractivity contribution in [1.82, 2.24) is 9.80 Å². The summed E-state index contributed by atoms with van der Waals surface area (Å²) in [5, 5.41) is 2.86. The van der Waals surface area contributed by atoms with E-state index >= 15 is 4.39 Å². The number of alkyl halides is 1. The number of hydrogen-bond acceptors (Lipinski definition) is 2. The minimum Gasteiger partial charge on any atom is -0.340 e. The van der Waals surface area contributed by atoms with E-state index < -0.39 is 5.67 Å². The first kappa shape index (κ1) is 17.7. The molecule has 6 heteroatoms. The van der Waals surface area contributed by atoms with Gasteiger partial charge in [0.2, 0.25) is 0 Å². The number of nitrogens with one attached hydrogen (secondary N) is 1. The highest BCUT2D eigenvalue weighted by Gasteiger charge is 2.45. The highest BCUT2D eigenvalue weighted by molar-refractivity contribution is 5.90. The Balaban J connectivity index is 1.56. The molecule has 0 unspecified atom stereocenters. The third-order valence-corrected chi connectivity index (χ3v) is 5.38. The molecule has 3 amide bonds. The molecule has 3 rings (SSSR count). The molecule has 0 atom stereocenters. The molecule has 0 saturated carbocycles. The van der Waals surface area contributed by atoms with Crippen molar-refractivity contribution in [3.63, 3.8) is 0 Å². The van der Waals surface area contributed by atoms with Crippen LogP contribution in [0, 0.1) is 13.8 Å². The number of carbonyl (C=O) groups excluding carboxylic acids is 2. The molecule has 0 aromatic heterocycles. The summed E-state index contributed by atoms with van der Waals surface area (Å²) in [4.78, 5) is 28.0. The number of nitrogens with zero attached hydrogens (tertiary/aromatic N) is 2. The number of hydrogen-bond donors (Lipinski definition) is 1. The van der Waals surface area contributed by atoms with Gasteiger partial charge in [-0.3, -0.25) is 4.79 Å². The lowest BCUT2D eigenvalue weighted by atomic mass is 9.92. The Hall–Kier alpha value is -2.11. The second-order valence-electron chi connectivity index (χ2n) is 7.18. The number of piperidine rings is 1. The molecule has 0 radical (unpaired) electrons. The zero-order valence-corrected chi connectivity index (χ0v) is 15.0. The van der Waals surface area contributed by atoms with E-state index in [4.69, 9.17) is 0 Å². The summed E-state index contributed by atoms with van der Waals surface area (Å²) in [6, 6.07) is 5.51. The number of rotatable bonds is 2. The molecule has 2 fully saturated rings. The van der Waals surface area contributed by atoms with Gasteiger partial charge in [-0.1, -0.05) is 6.07 Å². The monoisotopic (exact) mass is 347 g/mol. The number of likely N-dealkylation sites (tertiary alicyclic amines) is 2. The molecule has 5 nitrogen and oxygen atoms in total. The van der Waals surface area contributed by atoms with Gasteiger partial charge in [0.1, 0.15) is 0 Å². The Morgan fingerprint density at radius 1 is 1.00 bits per heavy atom. The fourth-order valence-corrected chi connectivity index (χ4v) is 3.50.